The largest absolute Gasteiger partial charge is 0.437 e. The first-order chi connectivity index (χ1) is 16.1. The fourth-order valence-corrected chi connectivity index (χ4v) is 4.26. The third-order valence-corrected chi connectivity index (χ3v) is 6.26. The molecule has 1 fully saturated rings. The van der Waals surface area contributed by atoms with Crippen LogP contribution < -0.4 is 0 Å². The molecule has 5 nitrogen and oxygen atoms in total. The molecular formula is C26H26F3N3O2. The first-order valence-electron chi connectivity index (χ1n) is 11.0. The fourth-order valence-electron chi connectivity index (χ4n) is 4.26. The first-order valence-corrected chi connectivity index (χ1v) is 11.0. The highest BCUT2D eigenvalue weighted by atomic mass is 19.3. The molecule has 1 saturated heterocycles. The van der Waals surface area contributed by atoms with Gasteiger partial charge in [0, 0.05) is 32.5 Å². The van der Waals surface area contributed by atoms with Crippen molar-refractivity contribution in [3.8, 4) is 5.69 Å². The molecule has 0 unspecified atom stereocenters. The van der Waals surface area contributed by atoms with Crippen molar-refractivity contribution in [1.82, 2.24) is 14.7 Å². The fraction of sp³-hybridized carbons (Fsp3) is 0.308. The van der Waals surface area contributed by atoms with Crippen LogP contribution in [0.25, 0.3) is 5.69 Å². The molecule has 0 bridgehead atoms. The summed E-state index contributed by atoms with van der Waals surface area (Å²) in [5.41, 5.74) is 1.05. The number of rotatable bonds is 7. The monoisotopic (exact) mass is 469 g/mol. The van der Waals surface area contributed by atoms with Crippen LogP contribution in [0.3, 0.4) is 0 Å². The van der Waals surface area contributed by atoms with E-state index >= 15 is 0 Å². The van der Waals surface area contributed by atoms with Crippen molar-refractivity contribution < 1.29 is 22.7 Å². The number of carbonyl (C=O) groups is 1. The molecule has 0 radical (unpaired) electrons. The van der Waals surface area contributed by atoms with Gasteiger partial charge in [-0.1, -0.05) is 30.3 Å². The minimum Gasteiger partial charge on any atom is -0.437 e. The van der Waals surface area contributed by atoms with Gasteiger partial charge < -0.3 is 9.64 Å². The van der Waals surface area contributed by atoms with Crippen LogP contribution in [-0.4, -0.2) is 27.3 Å². The second-order valence-corrected chi connectivity index (χ2v) is 8.61. The molecule has 8 heteroatoms. The number of nitrogens with zero attached hydrogens (tertiary/aromatic N) is 3. The summed E-state index contributed by atoms with van der Waals surface area (Å²) in [4.78, 5) is 14.7. The molecule has 0 aliphatic carbocycles. The number of hydrogen-bond donors (Lipinski definition) is 0. The minimum absolute atomic E-state index is 0.273. The highest BCUT2D eigenvalue weighted by Gasteiger charge is 2.42. The Balaban J connectivity index is 1.50. The Morgan fingerprint density at radius 2 is 1.85 bits per heavy atom. The van der Waals surface area contributed by atoms with E-state index < -0.39 is 17.6 Å². The topological polar surface area (TPSA) is 47.4 Å². The van der Waals surface area contributed by atoms with E-state index in [-0.39, 0.29) is 17.6 Å². The highest BCUT2D eigenvalue weighted by Crippen LogP contribution is 2.40. The number of amides is 1. The molecule has 2 heterocycles. The minimum atomic E-state index is -3.01. The van der Waals surface area contributed by atoms with E-state index in [1.807, 2.05) is 19.1 Å². The normalized spacial score (nSPS) is 19.6. The molecule has 1 aromatic heterocycles. The lowest BCUT2D eigenvalue weighted by atomic mass is 9.85. The van der Waals surface area contributed by atoms with Crippen LogP contribution in [0.1, 0.15) is 49.6 Å². The van der Waals surface area contributed by atoms with Crippen molar-refractivity contribution >= 4 is 6.09 Å². The number of alkyl halides is 2. The maximum absolute atomic E-state index is 13.5. The molecule has 2 atom stereocenters. The van der Waals surface area contributed by atoms with Crippen LogP contribution >= 0.6 is 0 Å². The zero-order valence-corrected chi connectivity index (χ0v) is 19.0. The number of hydrogen-bond acceptors (Lipinski definition) is 3. The van der Waals surface area contributed by atoms with Gasteiger partial charge in [0.05, 0.1) is 11.7 Å². The molecule has 3 aromatic rings. The molecule has 1 aliphatic rings. The van der Waals surface area contributed by atoms with E-state index in [0.29, 0.717) is 25.1 Å². The van der Waals surface area contributed by atoms with Gasteiger partial charge in [-0.25, -0.2) is 13.9 Å². The van der Waals surface area contributed by atoms with Gasteiger partial charge >= 0.3 is 6.09 Å². The molecule has 178 valence electrons. The van der Waals surface area contributed by atoms with Gasteiger partial charge in [0.1, 0.15) is 17.1 Å². The molecule has 34 heavy (non-hydrogen) atoms. The standard InChI is InChI=1S/C26H26F3N3O2/c1-4-14-26(20-7-9-21(27)10-8-20)15-17-31(24(33)34-26)18(2)19-5-11-22(12-6-19)32-16-13-23(30-32)25(3,28)29/h4-13,16,18H,1,14-15,17H2,2-3H3/t18-,26+/m0/s1. The van der Waals surface area contributed by atoms with Gasteiger partial charge in [0.25, 0.3) is 5.92 Å². The van der Waals surface area contributed by atoms with E-state index in [9.17, 15) is 18.0 Å². The number of carbonyl (C=O) groups excluding carboxylic acids is 1. The summed E-state index contributed by atoms with van der Waals surface area (Å²) < 4.78 is 47.7. The summed E-state index contributed by atoms with van der Waals surface area (Å²) in [6.07, 6.45) is 3.67. The Hall–Kier alpha value is -3.55. The number of halogens is 3. The van der Waals surface area contributed by atoms with E-state index in [1.54, 1.807) is 35.2 Å². The summed E-state index contributed by atoms with van der Waals surface area (Å²) >= 11 is 0. The van der Waals surface area contributed by atoms with Crippen molar-refractivity contribution in [2.75, 3.05) is 6.54 Å². The maximum atomic E-state index is 13.5. The molecule has 4 rings (SSSR count). The third kappa shape index (κ3) is 4.58. The Labute approximate surface area is 196 Å². The number of benzene rings is 2. The van der Waals surface area contributed by atoms with Crippen LogP contribution in [0.15, 0.2) is 73.4 Å². The van der Waals surface area contributed by atoms with Gasteiger partial charge in [-0.2, -0.15) is 13.9 Å². The van der Waals surface area contributed by atoms with Crippen molar-refractivity contribution in [2.24, 2.45) is 0 Å². The average Bonchev–Trinajstić information content (AvgIpc) is 3.31. The summed E-state index contributed by atoms with van der Waals surface area (Å²) in [6, 6.07) is 14.2. The van der Waals surface area contributed by atoms with Crippen molar-refractivity contribution in [1.29, 1.82) is 0 Å². The third-order valence-electron chi connectivity index (χ3n) is 6.26. The van der Waals surface area contributed by atoms with Crippen LogP contribution in [0, 0.1) is 5.82 Å². The lowest BCUT2D eigenvalue weighted by Crippen LogP contribution is -2.48. The van der Waals surface area contributed by atoms with Crippen molar-refractivity contribution in [2.45, 2.75) is 44.3 Å². The summed E-state index contributed by atoms with van der Waals surface area (Å²) in [7, 11) is 0. The van der Waals surface area contributed by atoms with Gasteiger partial charge in [-0.3, -0.25) is 0 Å². The van der Waals surface area contributed by atoms with Gasteiger partial charge in [-0.15, -0.1) is 6.58 Å². The highest BCUT2D eigenvalue weighted by molar-refractivity contribution is 5.70. The maximum Gasteiger partial charge on any atom is 0.411 e. The number of ether oxygens (including phenoxy) is 1. The zero-order valence-electron chi connectivity index (χ0n) is 19.0. The molecule has 1 amide bonds. The lowest BCUT2D eigenvalue weighted by molar-refractivity contribution is -0.0588. The lowest BCUT2D eigenvalue weighted by Gasteiger charge is -2.43. The van der Waals surface area contributed by atoms with E-state index in [1.165, 1.54) is 29.1 Å². The summed E-state index contributed by atoms with van der Waals surface area (Å²) in [5, 5.41) is 3.95. The van der Waals surface area contributed by atoms with Crippen LogP contribution in [0.5, 0.6) is 0 Å². The van der Waals surface area contributed by atoms with Crippen molar-refractivity contribution in [3.63, 3.8) is 0 Å². The Bertz CT molecular complexity index is 1170. The molecule has 0 N–H and O–H groups in total. The van der Waals surface area contributed by atoms with Crippen LogP contribution in [0.4, 0.5) is 18.0 Å². The van der Waals surface area contributed by atoms with Gasteiger partial charge in [0.2, 0.25) is 0 Å². The van der Waals surface area contributed by atoms with E-state index in [4.69, 9.17) is 4.74 Å². The Kier molecular flexibility index (Phi) is 6.25. The second-order valence-electron chi connectivity index (χ2n) is 8.61. The molecule has 1 aliphatic heterocycles. The van der Waals surface area contributed by atoms with Gasteiger partial charge in [0.15, 0.2) is 0 Å². The Morgan fingerprint density at radius 3 is 2.41 bits per heavy atom. The van der Waals surface area contributed by atoms with Gasteiger partial charge in [-0.05, 0) is 48.4 Å². The molecule has 0 spiro atoms. The number of cyclic esters (lactones) is 1. The SMILES string of the molecule is C=CC[C@]1(c2ccc(F)cc2)CCN([C@@H](C)c2ccc(-n3ccc(C(C)(F)F)n3)cc2)C(=O)O1. The van der Waals surface area contributed by atoms with E-state index in [2.05, 4.69) is 11.7 Å². The molecule has 0 saturated carbocycles. The summed E-state index contributed by atoms with van der Waals surface area (Å²) in [6.45, 7) is 6.94. The Morgan fingerprint density at radius 1 is 1.18 bits per heavy atom. The zero-order chi connectivity index (χ0) is 24.5. The summed E-state index contributed by atoms with van der Waals surface area (Å²) in [5.74, 6) is -3.36. The molecular weight excluding hydrogens is 443 g/mol. The quantitative estimate of drug-likeness (QED) is 0.371. The molecule has 2 aromatic carbocycles. The number of aromatic nitrogens is 2. The van der Waals surface area contributed by atoms with Crippen LogP contribution in [-0.2, 0) is 16.3 Å². The average molecular weight is 470 g/mol. The van der Waals surface area contributed by atoms with Crippen molar-refractivity contribution in [3.05, 3.63) is 96.1 Å². The second kappa shape index (κ2) is 9.00. The smallest absolute Gasteiger partial charge is 0.411 e. The van der Waals surface area contributed by atoms with Crippen LogP contribution in [0.2, 0.25) is 0 Å². The predicted molar refractivity (Wildman–Crippen MR) is 122 cm³/mol. The predicted octanol–water partition coefficient (Wildman–Crippen LogP) is 6.50. The van der Waals surface area contributed by atoms with E-state index in [0.717, 1.165) is 18.1 Å². The first kappa shape index (κ1) is 23.6.